The van der Waals surface area contributed by atoms with Crippen molar-refractivity contribution in [2.75, 3.05) is 5.32 Å². The molecule has 0 aliphatic heterocycles. The second kappa shape index (κ2) is 7.50. The number of anilines is 2. The summed E-state index contributed by atoms with van der Waals surface area (Å²) in [7, 11) is 0. The molecule has 0 spiro atoms. The number of aromatic nitrogens is 4. The van der Waals surface area contributed by atoms with Crippen LogP contribution in [0.4, 0.5) is 10.8 Å². The molecule has 3 aromatic heterocycles. The third kappa shape index (κ3) is 3.86. The number of nitrogens with zero attached hydrogens (tertiary/aromatic N) is 4. The Hall–Kier alpha value is -2.70. The van der Waals surface area contributed by atoms with Gasteiger partial charge in [-0.05, 0) is 43.2 Å². The number of aryl methyl sites for hydroxylation is 2. The van der Waals surface area contributed by atoms with E-state index < -0.39 is 0 Å². The SMILES string of the molecule is Cc1cn(-c2ccc(-c3csc(Nc4cc(CCl)ccc4C)n3)cn2)cn1. The molecule has 0 saturated heterocycles. The summed E-state index contributed by atoms with van der Waals surface area (Å²) in [6.45, 7) is 4.02. The maximum Gasteiger partial charge on any atom is 0.187 e. The highest BCUT2D eigenvalue weighted by atomic mass is 35.5. The van der Waals surface area contributed by atoms with Crippen molar-refractivity contribution < 1.29 is 0 Å². The Morgan fingerprint density at radius 2 is 2.04 bits per heavy atom. The smallest absolute Gasteiger partial charge is 0.187 e. The Morgan fingerprint density at radius 1 is 1.15 bits per heavy atom. The molecule has 136 valence electrons. The summed E-state index contributed by atoms with van der Waals surface area (Å²) in [6.07, 6.45) is 5.55. The van der Waals surface area contributed by atoms with Crippen LogP contribution < -0.4 is 5.32 Å². The van der Waals surface area contributed by atoms with Crippen LogP contribution in [0.1, 0.15) is 16.8 Å². The zero-order chi connectivity index (χ0) is 18.8. The molecule has 1 N–H and O–H groups in total. The van der Waals surface area contributed by atoms with E-state index in [0.29, 0.717) is 5.88 Å². The Morgan fingerprint density at radius 3 is 2.74 bits per heavy atom. The minimum absolute atomic E-state index is 0.493. The van der Waals surface area contributed by atoms with Gasteiger partial charge in [-0.15, -0.1) is 22.9 Å². The lowest BCUT2D eigenvalue weighted by Crippen LogP contribution is -1.95. The van der Waals surface area contributed by atoms with Gasteiger partial charge in [-0.3, -0.25) is 4.57 Å². The van der Waals surface area contributed by atoms with Crippen molar-refractivity contribution in [1.29, 1.82) is 0 Å². The standard InChI is InChI=1S/C20H18ClN5S/c1-13-3-4-15(8-21)7-17(13)24-20-25-18(11-27-20)16-5-6-19(22-9-16)26-10-14(2)23-12-26/h3-7,9-12H,8H2,1-2H3,(H,24,25). The zero-order valence-corrected chi connectivity index (χ0v) is 16.6. The first-order valence-corrected chi connectivity index (χ1v) is 9.89. The molecule has 0 radical (unpaired) electrons. The van der Waals surface area contributed by atoms with Gasteiger partial charge in [0.25, 0.3) is 0 Å². The summed E-state index contributed by atoms with van der Waals surface area (Å²) in [6, 6.07) is 10.2. The van der Waals surface area contributed by atoms with Gasteiger partial charge in [-0.1, -0.05) is 12.1 Å². The van der Waals surface area contributed by atoms with Crippen molar-refractivity contribution >= 4 is 33.8 Å². The number of alkyl halides is 1. The number of thiazole rings is 1. The molecule has 1 aromatic carbocycles. The van der Waals surface area contributed by atoms with Gasteiger partial charge in [0.1, 0.15) is 12.1 Å². The van der Waals surface area contributed by atoms with E-state index in [0.717, 1.165) is 44.7 Å². The summed E-state index contributed by atoms with van der Waals surface area (Å²) in [5, 5.41) is 6.26. The maximum absolute atomic E-state index is 5.94. The number of halogens is 1. The van der Waals surface area contributed by atoms with E-state index in [1.807, 2.05) is 47.5 Å². The molecular formula is C20H18ClN5S. The molecule has 3 heterocycles. The summed E-state index contributed by atoms with van der Waals surface area (Å²) >= 11 is 7.51. The molecule has 5 nitrogen and oxygen atoms in total. The number of rotatable bonds is 5. The minimum atomic E-state index is 0.493. The van der Waals surface area contributed by atoms with Crippen LogP contribution in [-0.4, -0.2) is 19.5 Å². The molecule has 0 aliphatic rings. The fraction of sp³-hybridized carbons (Fsp3) is 0.150. The normalized spacial score (nSPS) is 10.9. The lowest BCUT2D eigenvalue weighted by atomic mass is 10.1. The van der Waals surface area contributed by atoms with Crippen LogP contribution in [0.2, 0.25) is 0 Å². The summed E-state index contributed by atoms with van der Waals surface area (Å²) in [4.78, 5) is 13.4. The number of pyridine rings is 1. The fourth-order valence-corrected chi connectivity index (χ4v) is 3.60. The number of hydrogen-bond acceptors (Lipinski definition) is 5. The van der Waals surface area contributed by atoms with E-state index >= 15 is 0 Å². The number of hydrogen-bond donors (Lipinski definition) is 1. The fourth-order valence-electron chi connectivity index (χ4n) is 2.70. The quantitative estimate of drug-likeness (QED) is 0.454. The van der Waals surface area contributed by atoms with E-state index in [9.17, 15) is 0 Å². The van der Waals surface area contributed by atoms with Crippen LogP contribution in [0.15, 0.2) is 54.4 Å². The van der Waals surface area contributed by atoms with Crippen LogP contribution in [-0.2, 0) is 5.88 Å². The number of benzene rings is 1. The van der Waals surface area contributed by atoms with Crippen LogP contribution in [0.5, 0.6) is 0 Å². The predicted octanol–water partition coefficient (Wildman–Crippen LogP) is 5.49. The van der Waals surface area contributed by atoms with Crippen molar-refractivity contribution in [2.45, 2.75) is 19.7 Å². The predicted molar refractivity (Wildman–Crippen MR) is 111 cm³/mol. The lowest BCUT2D eigenvalue weighted by Gasteiger charge is -2.08. The Labute approximate surface area is 166 Å². The molecule has 0 aliphatic carbocycles. The monoisotopic (exact) mass is 395 g/mol. The molecule has 0 atom stereocenters. The lowest BCUT2D eigenvalue weighted by molar-refractivity contribution is 0.993. The summed E-state index contributed by atoms with van der Waals surface area (Å²) < 4.78 is 1.90. The molecular weight excluding hydrogens is 378 g/mol. The van der Waals surface area contributed by atoms with Gasteiger partial charge in [-0.25, -0.2) is 15.0 Å². The average Bonchev–Trinajstić information content (AvgIpc) is 3.33. The van der Waals surface area contributed by atoms with E-state index in [-0.39, 0.29) is 0 Å². The third-order valence-electron chi connectivity index (χ3n) is 4.22. The van der Waals surface area contributed by atoms with Gasteiger partial charge < -0.3 is 5.32 Å². The van der Waals surface area contributed by atoms with Gasteiger partial charge in [0.2, 0.25) is 0 Å². The van der Waals surface area contributed by atoms with E-state index in [1.54, 1.807) is 17.7 Å². The van der Waals surface area contributed by atoms with Crippen LogP contribution >= 0.6 is 22.9 Å². The van der Waals surface area contributed by atoms with Gasteiger partial charge >= 0.3 is 0 Å². The third-order valence-corrected chi connectivity index (χ3v) is 5.29. The minimum Gasteiger partial charge on any atom is -0.331 e. The number of nitrogens with one attached hydrogen (secondary N) is 1. The first-order valence-electron chi connectivity index (χ1n) is 8.48. The van der Waals surface area contributed by atoms with Gasteiger partial charge in [0.05, 0.1) is 11.4 Å². The largest absolute Gasteiger partial charge is 0.331 e. The van der Waals surface area contributed by atoms with Crippen LogP contribution in [0.3, 0.4) is 0 Å². The molecule has 0 amide bonds. The average molecular weight is 396 g/mol. The van der Waals surface area contributed by atoms with Crippen molar-refractivity contribution in [3.05, 3.63) is 71.3 Å². The number of imidazole rings is 1. The van der Waals surface area contributed by atoms with E-state index in [4.69, 9.17) is 16.6 Å². The highest BCUT2D eigenvalue weighted by Gasteiger charge is 2.08. The second-order valence-electron chi connectivity index (χ2n) is 6.27. The van der Waals surface area contributed by atoms with E-state index in [2.05, 4.69) is 34.3 Å². The second-order valence-corrected chi connectivity index (χ2v) is 7.40. The molecule has 4 aromatic rings. The zero-order valence-electron chi connectivity index (χ0n) is 15.0. The summed E-state index contributed by atoms with van der Waals surface area (Å²) in [5.41, 5.74) is 6.10. The van der Waals surface area contributed by atoms with Gasteiger partial charge in [0, 0.05) is 34.9 Å². The van der Waals surface area contributed by atoms with Crippen molar-refractivity contribution in [3.63, 3.8) is 0 Å². The van der Waals surface area contributed by atoms with Crippen molar-refractivity contribution in [2.24, 2.45) is 0 Å². The maximum atomic E-state index is 5.94. The molecule has 0 fully saturated rings. The molecule has 27 heavy (non-hydrogen) atoms. The first kappa shape index (κ1) is 17.7. The molecule has 0 saturated carbocycles. The highest BCUT2D eigenvalue weighted by Crippen LogP contribution is 2.29. The van der Waals surface area contributed by atoms with E-state index in [1.165, 1.54) is 0 Å². The highest BCUT2D eigenvalue weighted by molar-refractivity contribution is 7.14. The molecule has 7 heteroatoms. The first-order chi connectivity index (χ1) is 13.1. The van der Waals surface area contributed by atoms with Gasteiger partial charge in [0.15, 0.2) is 5.13 Å². The van der Waals surface area contributed by atoms with Crippen LogP contribution in [0.25, 0.3) is 17.1 Å². The van der Waals surface area contributed by atoms with Crippen molar-refractivity contribution in [3.8, 4) is 17.1 Å². The Bertz CT molecular complexity index is 1070. The summed E-state index contributed by atoms with van der Waals surface area (Å²) in [5.74, 6) is 1.33. The topological polar surface area (TPSA) is 55.6 Å². The Balaban J connectivity index is 1.54. The molecule has 0 unspecified atom stereocenters. The van der Waals surface area contributed by atoms with Gasteiger partial charge in [-0.2, -0.15) is 0 Å². The van der Waals surface area contributed by atoms with Crippen LogP contribution in [0, 0.1) is 13.8 Å². The Kier molecular flexibility index (Phi) is 4.92. The van der Waals surface area contributed by atoms with Crippen molar-refractivity contribution in [1.82, 2.24) is 19.5 Å². The molecule has 4 rings (SSSR count). The molecule has 0 bridgehead atoms.